The van der Waals surface area contributed by atoms with Crippen molar-refractivity contribution < 1.29 is 9.59 Å². The number of amides is 2. The van der Waals surface area contributed by atoms with Crippen molar-refractivity contribution in [3.05, 3.63) is 64.1 Å². The fraction of sp³-hybridized carbons (Fsp3) is 0.300. The first-order valence-electron chi connectivity index (χ1n) is 8.49. The van der Waals surface area contributed by atoms with Crippen LogP contribution in [0.2, 0.25) is 0 Å². The van der Waals surface area contributed by atoms with Crippen LogP contribution in [0.25, 0.3) is 0 Å². The Morgan fingerprint density at radius 2 is 1.96 bits per heavy atom. The maximum absolute atomic E-state index is 12.7. The van der Waals surface area contributed by atoms with Gasteiger partial charge in [0.15, 0.2) is 0 Å². The van der Waals surface area contributed by atoms with Crippen molar-refractivity contribution >= 4 is 33.4 Å². The Hall–Kier alpha value is -2.14. The van der Waals surface area contributed by atoms with E-state index in [4.69, 9.17) is 0 Å². The van der Waals surface area contributed by atoms with Crippen molar-refractivity contribution in [1.29, 1.82) is 0 Å². The minimum atomic E-state index is -0.221. The molecule has 0 bridgehead atoms. The lowest BCUT2D eigenvalue weighted by Gasteiger charge is -2.30. The Labute approximate surface area is 156 Å². The van der Waals surface area contributed by atoms with Gasteiger partial charge in [-0.05, 0) is 55.7 Å². The second-order valence-electron chi connectivity index (χ2n) is 6.37. The molecule has 0 spiro atoms. The van der Waals surface area contributed by atoms with Crippen molar-refractivity contribution in [3.8, 4) is 0 Å². The van der Waals surface area contributed by atoms with Gasteiger partial charge in [-0.15, -0.1) is 0 Å². The third-order valence-corrected chi connectivity index (χ3v) is 4.85. The van der Waals surface area contributed by atoms with Gasteiger partial charge >= 0.3 is 0 Å². The molecule has 1 heterocycles. The number of benzene rings is 2. The highest BCUT2D eigenvalue weighted by Crippen LogP contribution is 2.30. The molecule has 0 fully saturated rings. The molecule has 2 aromatic carbocycles. The van der Waals surface area contributed by atoms with Crippen LogP contribution in [0.5, 0.6) is 0 Å². The molecule has 1 N–H and O–H groups in total. The first-order chi connectivity index (χ1) is 12.0. The summed E-state index contributed by atoms with van der Waals surface area (Å²) in [5, 5.41) is 2.91. The van der Waals surface area contributed by atoms with Crippen LogP contribution in [0.4, 0.5) is 5.69 Å². The summed E-state index contributed by atoms with van der Waals surface area (Å²) in [6.45, 7) is 2.60. The Morgan fingerprint density at radius 1 is 1.20 bits per heavy atom. The average molecular weight is 401 g/mol. The minimum absolute atomic E-state index is 0.0455. The molecular formula is C20H21BrN2O2. The second kappa shape index (κ2) is 7.83. The van der Waals surface area contributed by atoms with E-state index in [1.807, 2.05) is 42.2 Å². The number of nitrogens with zero attached hydrogens (tertiary/aromatic N) is 1. The van der Waals surface area contributed by atoms with Gasteiger partial charge in [-0.25, -0.2) is 0 Å². The van der Waals surface area contributed by atoms with Gasteiger partial charge in [0.05, 0.1) is 0 Å². The molecule has 0 unspecified atom stereocenters. The molecule has 1 aliphatic rings. The first kappa shape index (κ1) is 17.7. The van der Waals surface area contributed by atoms with E-state index < -0.39 is 0 Å². The van der Waals surface area contributed by atoms with Gasteiger partial charge in [0, 0.05) is 34.7 Å². The van der Waals surface area contributed by atoms with E-state index in [0.717, 1.165) is 29.5 Å². The molecule has 0 radical (unpaired) electrons. The van der Waals surface area contributed by atoms with E-state index in [-0.39, 0.29) is 24.3 Å². The number of carbonyl (C=O) groups is 2. The molecule has 5 heteroatoms. The van der Waals surface area contributed by atoms with Crippen molar-refractivity contribution in [2.24, 2.45) is 0 Å². The molecule has 25 heavy (non-hydrogen) atoms. The standard InChI is InChI=1S/C20H21BrN2O2/c1-14(22-20(25)15-6-3-2-4-7-15)12-19(24)23-11-5-8-16-13-17(21)9-10-18(16)23/h2-4,6-7,9-10,13-14H,5,8,11-12H2,1H3,(H,22,25)/t14-/m0/s1. The van der Waals surface area contributed by atoms with Crippen LogP contribution in [-0.2, 0) is 11.2 Å². The van der Waals surface area contributed by atoms with E-state index in [1.54, 1.807) is 12.1 Å². The molecule has 4 nitrogen and oxygen atoms in total. The highest BCUT2D eigenvalue weighted by molar-refractivity contribution is 9.10. The van der Waals surface area contributed by atoms with Crippen LogP contribution < -0.4 is 10.2 Å². The van der Waals surface area contributed by atoms with Gasteiger partial charge in [0.2, 0.25) is 5.91 Å². The Kier molecular flexibility index (Phi) is 5.53. The van der Waals surface area contributed by atoms with Gasteiger partial charge in [0.1, 0.15) is 0 Å². The van der Waals surface area contributed by atoms with Crippen LogP contribution in [0.15, 0.2) is 53.0 Å². The molecule has 1 aliphatic heterocycles. The molecule has 0 aliphatic carbocycles. The highest BCUT2D eigenvalue weighted by atomic mass is 79.9. The van der Waals surface area contributed by atoms with Crippen molar-refractivity contribution in [1.82, 2.24) is 5.32 Å². The zero-order valence-corrected chi connectivity index (χ0v) is 15.8. The van der Waals surface area contributed by atoms with Crippen molar-refractivity contribution in [2.45, 2.75) is 32.2 Å². The number of aryl methyl sites for hydroxylation is 1. The molecule has 3 rings (SSSR count). The van der Waals surface area contributed by atoms with Gasteiger partial charge < -0.3 is 10.2 Å². The van der Waals surface area contributed by atoms with Gasteiger partial charge in [-0.2, -0.15) is 0 Å². The smallest absolute Gasteiger partial charge is 0.251 e. The molecule has 1 atom stereocenters. The van der Waals surface area contributed by atoms with E-state index in [1.165, 1.54) is 5.56 Å². The summed E-state index contributed by atoms with van der Waals surface area (Å²) in [5.74, 6) is -0.104. The lowest BCUT2D eigenvalue weighted by atomic mass is 10.0. The Balaban J connectivity index is 1.64. The maximum Gasteiger partial charge on any atom is 0.251 e. The molecule has 0 saturated carbocycles. The van der Waals surface area contributed by atoms with E-state index >= 15 is 0 Å². The number of carbonyl (C=O) groups excluding carboxylic acids is 2. The zero-order valence-electron chi connectivity index (χ0n) is 14.2. The second-order valence-corrected chi connectivity index (χ2v) is 7.28. The predicted octanol–water partition coefficient (Wildman–Crippen LogP) is 3.94. The van der Waals surface area contributed by atoms with Crippen LogP contribution in [0, 0.1) is 0 Å². The Bertz CT molecular complexity index is 777. The van der Waals surface area contributed by atoms with Crippen molar-refractivity contribution in [2.75, 3.05) is 11.4 Å². The maximum atomic E-state index is 12.7. The van der Waals surface area contributed by atoms with E-state index in [9.17, 15) is 9.59 Å². The average Bonchev–Trinajstić information content (AvgIpc) is 2.61. The lowest BCUT2D eigenvalue weighted by Crippen LogP contribution is -2.41. The summed E-state index contributed by atoms with van der Waals surface area (Å²) in [4.78, 5) is 26.8. The number of hydrogen-bond acceptors (Lipinski definition) is 2. The molecule has 0 saturated heterocycles. The summed E-state index contributed by atoms with van der Waals surface area (Å²) in [6.07, 6.45) is 2.23. The zero-order chi connectivity index (χ0) is 17.8. The highest BCUT2D eigenvalue weighted by Gasteiger charge is 2.24. The number of fused-ring (bicyclic) bond motifs is 1. The predicted molar refractivity (Wildman–Crippen MR) is 103 cm³/mol. The fourth-order valence-electron chi connectivity index (χ4n) is 3.14. The molecule has 2 aromatic rings. The molecule has 130 valence electrons. The fourth-order valence-corrected chi connectivity index (χ4v) is 3.55. The van der Waals surface area contributed by atoms with Gasteiger partial charge in [-0.3, -0.25) is 9.59 Å². The van der Waals surface area contributed by atoms with Crippen LogP contribution in [0.1, 0.15) is 35.7 Å². The van der Waals surface area contributed by atoms with Crippen molar-refractivity contribution in [3.63, 3.8) is 0 Å². The number of nitrogens with one attached hydrogen (secondary N) is 1. The monoisotopic (exact) mass is 400 g/mol. The molecule has 0 aromatic heterocycles. The topological polar surface area (TPSA) is 49.4 Å². The number of halogens is 1. The number of hydrogen-bond donors (Lipinski definition) is 1. The quantitative estimate of drug-likeness (QED) is 0.844. The van der Waals surface area contributed by atoms with E-state index in [0.29, 0.717) is 5.56 Å². The normalized spacial score (nSPS) is 14.6. The van der Waals surface area contributed by atoms with Crippen LogP contribution in [-0.4, -0.2) is 24.4 Å². The van der Waals surface area contributed by atoms with Gasteiger partial charge in [-0.1, -0.05) is 34.1 Å². The third kappa shape index (κ3) is 4.28. The largest absolute Gasteiger partial charge is 0.349 e. The summed E-state index contributed by atoms with van der Waals surface area (Å²) in [6, 6.07) is 14.9. The van der Waals surface area contributed by atoms with E-state index in [2.05, 4.69) is 27.3 Å². The van der Waals surface area contributed by atoms with Gasteiger partial charge in [0.25, 0.3) is 5.91 Å². The summed E-state index contributed by atoms with van der Waals surface area (Å²) < 4.78 is 1.03. The first-order valence-corrected chi connectivity index (χ1v) is 9.28. The summed E-state index contributed by atoms with van der Waals surface area (Å²) in [5.41, 5.74) is 2.78. The molecule has 2 amide bonds. The lowest BCUT2D eigenvalue weighted by molar-refractivity contribution is -0.119. The number of rotatable bonds is 4. The molecular weight excluding hydrogens is 380 g/mol. The Morgan fingerprint density at radius 3 is 2.72 bits per heavy atom. The number of anilines is 1. The minimum Gasteiger partial charge on any atom is -0.349 e. The summed E-state index contributed by atoms with van der Waals surface area (Å²) >= 11 is 3.49. The van der Waals surface area contributed by atoms with Crippen LogP contribution >= 0.6 is 15.9 Å². The third-order valence-electron chi connectivity index (χ3n) is 4.36. The summed E-state index contributed by atoms with van der Waals surface area (Å²) in [7, 11) is 0. The SMILES string of the molecule is C[C@@H](CC(=O)N1CCCc2cc(Br)ccc21)NC(=O)c1ccccc1. The van der Waals surface area contributed by atoms with Crippen LogP contribution in [0.3, 0.4) is 0 Å².